The van der Waals surface area contributed by atoms with Crippen molar-refractivity contribution < 1.29 is 0 Å². The summed E-state index contributed by atoms with van der Waals surface area (Å²) in [6, 6.07) is 0. The Morgan fingerprint density at radius 3 is 2.25 bits per heavy atom. The molecule has 2 nitrogen and oxygen atoms in total. The number of allylic oxidation sites excluding steroid dienone is 2. The van der Waals surface area contributed by atoms with Crippen LogP contribution >= 0.6 is 0 Å². The predicted molar refractivity (Wildman–Crippen MR) is 36.0 cm³/mol. The minimum Gasteiger partial charge on any atom is -0.340 e. The highest BCUT2D eigenvalue weighted by atomic mass is 15.1. The summed E-state index contributed by atoms with van der Waals surface area (Å²) in [4.78, 5) is 1.75. The maximum atomic E-state index is 6.80. The van der Waals surface area contributed by atoms with Gasteiger partial charge in [-0.1, -0.05) is 6.08 Å². The summed E-state index contributed by atoms with van der Waals surface area (Å²) >= 11 is 0. The van der Waals surface area contributed by atoms with Gasteiger partial charge in [0.15, 0.2) is 0 Å². The summed E-state index contributed by atoms with van der Waals surface area (Å²) in [6.45, 7) is 3.92. The number of rotatable bonds is 2. The second-order valence-electron chi connectivity index (χ2n) is 1.67. The molecule has 0 aromatic heterocycles. The molecule has 0 radical (unpaired) electrons. The van der Waals surface area contributed by atoms with E-state index in [0.717, 1.165) is 5.70 Å². The molecule has 2 heteroatoms. The first-order chi connectivity index (χ1) is 3.72. The van der Waals surface area contributed by atoms with Crippen LogP contribution in [0.4, 0.5) is 0 Å². The molecule has 0 aromatic carbocycles. The minimum atomic E-state index is 1.10. The lowest BCUT2D eigenvalue weighted by Crippen LogP contribution is -2.11. The van der Waals surface area contributed by atoms with Crippen molar-refractivity contribution in [2.24, 2.45) is 0 Å². The lowest BCUT2D eigenvalue weighted by atomic mass is 10.4. The van der Waals surface area contributed by atoms with Crippen molar-refractivity contribution in [1.82, 2.24) is 4.90 Å². The highest BCUT2D eigenvalue weighted by molar-refractivity contribution is 5.53. The SMILES string of the molecule is C/C=C(/C)N(C)C=N. The molecule has 0 aliphatic rings. The van der Waals surface area contributed by atoms with Crippen molar-refractivity contribution in [2.45, 2.75) is 13.8 Å². The predicted octanol–water partition coefficient (Wildman–Crippen LogP) is 1.45. The van der Waals surface area contributed by atoms with E-state index < -0.39 is 0 Å². The highest BCUT2D eigenvalue weighted by Gasteiger charge is 1.87. The van der Waals surface area contributed by atoms with Gasteiger partial charge in [0.25, 0.3) is 0 Å². The zero-order chi connectivity index (χ0) is 6.57. The van der Waals surface area contributed by atoms with E-state index >= 15 is 0 Å². The van der Waals surface area contributed by atoms with Crippen LogP contribution in [0.3, 0.4) is 0 Å². The van der Waals surface area contributed by atoms with E-state index in [0.29, 0.717) is 0 Å². The van der Waals surface area contributed by atoms with Crippen LogP contribution in [0.2, 0.25) is 0 Å². The molecular weight excluding hydrogens is 100 g/mol. The standard InChI is InChI=1S/C6H12N2/c1-4-6(2)8(3)5-7/h4-5,7H,1-3H3/b6-4-,7-5?. The Bertz CT molecular complexity index is 105. The fraction of sp³-hybridized carbons (Fsp3) is 0.500. The highest BCUT2D eigenvalue weighted by Crippen LogP contribution is 1.93. The summed E-state index contributed by atoms with van der Waals surface area (Å²) < 4.78 is 0. The molecule has 8 heavy (non-hydrogen) atoms. The molecule has 0 heterocycles. The molecule has 46 valence electrons. The Kier molecular flexibility index (Phi) is 2.92. The lowest BCUT2D eigenvalue weighted by molar-refractivity contribution is 0.640. The molecule has 0 aliphatic heterocycles. The summed E-state index contributed by atoms with van der Waals surface area (Å²) in [5.41, 5.74) is 1.10. The Hall–Kier alpha value is -0.790. The van der Waals surface area contributed by atoms with Crippen molar-refractivity contribution in [1.29, 1.82) is 5.41 Å². The van der Waals surface area contributed by atoms with Gasteiger partial charge in [-0.3, -0.25) is 5.41 Å². The van der Waals surface area contributed by atoms with Crippen LogP contribution in [0.1, 0.15) is 13.8 Å². The van der Waals surface area contributed by atoms with E-state index in [1.807, 2.05) is 27.0 Å². The summed E-state index contributed by atoms with van der Waals surface area (Å²) in [5.74, 6) is 0. The van der Waals surface area contributed by atoms with Crippen LogP contribution in [-0.2, 0) is 0 Å². The molecule has 0 atom stereocenters. The second kappa shape index (κ2) is 3.24. The molecule has 0 saturated carbocycles. The first-order valence-corrected chi connectivity index (χ1v) is 2.58. The lowest BCUT2D eigenvalue weighted by Gasteiger charge is -2.10. The van der Waals surface area contributed by atoms with Gasteiger partial charge in [-0.05, 0) is 13.8 Å². The molecule has 0 saturated heterocycles. The van der Waals surface area contributed by atoms with Crippen LogP contribution in [0.15, 0.2) is 11.8 Å². The molecule has 0 spiro atoms. The third kappa shape index (κ3) is 1.78. The zero-order valence-corrected chi connectivity index (χ0v) is 5.60. The monoisotopic (exact) mass is 112 g/mol. The maximum absolute atomic E-state index is 6.80. The topological polar surface area (TPSA) is 27.1 Å². The Morgan fingerprint density at radius 1 is 1.62 bits per heavy atom. The average Bonchev–Trinajstić information content (AvgIpc) is 1.84. The third-order valence-corrected chi connectivity index (χ3v) is 1.17. The fourth-order valence-electron chi connectivity index (χ4n) is 0.305. The van der Waals surface area contributed by atoms with E-state index in [1.54, 1.807) is 4.90 Å². The summed E-state index contributed by atoms with van der Waals surface area (Å²) in [5, 5.41) is 6.80. The normalized spacial score (nSPS) is 11.1. The van der Waals surface area contributed by atoms with Gasteiger partial charge in [-0.15, -0.1) is 0 Å². The number of nitrogens with zero attached hydrogens (tertiary/aromatic N) is 1. The van der Waals surface area contributed by atoms with Gasteiger partial charge in [0, 0.05) is 12.7 Å². The van der Waals surface area contributed by atoms with Crippen molar-refractivity contribution >= 4 is 6.34 Å². The number of hydrogen-bond donors (Lipinski definition) is 1. The van der Waals surface area contributed by atoms with E-state index in [-0.39, 0.29) is 0 Å². The molecule has 0 rings (SSSR count). The molecule has 0 fully saturated rings. The fourth-order valence-corrected chi connectivity index (χ4v) is 0.305. The zero-order valence-electron chi connectivity index (χ0n) is 5.60. The first kappa shape index (κ1) is 7.21. The van der Waals surface area contributed by atoms with Gasteiger partial charge in [-0.25, -0.2) is 0 Å². The molecule has 0 bridgehead atoms. The van der Waals surface area contributed by atoms with E-state index in [4.69, 9.17) is 5.41 Å². The molecule has 0 aliphatic carbocycles. The third-order valence-electron chi connectivity index (χ3n) is 1.17. The smallest absolute Gasteiger partial charge is 0.0856 e. The van der Waals surface area contributed by atoms with Crippen LogP contribution in [0, 0.1) is 5.41 Å². The van der Waals surface area contributed by atoms with Crippen LogP contribution < -0.4 is 0 Å². The quantitative estimate of drug-likeness (QED) is 0.425. The number of hydrogen-bond acceptors (Lipinski definition) is 1. The van der Waals surface area contributed by atoms with E-state index in [2.05, 4.69) is 0 Å². The summed E-state index contributed by atoms with van der Waals surface area (Å²) in [6.07, 6.45) is 3.25. The minimum absolute atomic E-state index is 1.10. The number of nitrogens with one attached hydrogen (secondary N) is 1. The maximum Gasteiger partial charge on any atom is 0.0856 e. The van der Waals surface area contributed by atoms with Crippen LogP contribution in [0.5, 0.6) is 0 Å². The molecule has 0 aromatic rings. The average molecular weight is 112 g/mol. The molecule has 0 unspecified atom stereocenters. The van der Waals surface area contributed by atoms with Crippen molar-refractivity contribution in [3.05, 3.63) is 11.8 Å². The first-order valence-electron chi connectivity index (χ1n) is 2.58. The van der Waals surface area contributed by atoms with Crippen LogP contribution in [0.25, 0.3) is 0 Å². The van der Waals surface area contributed by atoms with Gasteiger partial charge in [-0.2, -0.15) is 0 Å². The van der Waals surface area contributed by atoms with E-state index in [9.17, 15) is 0 Å². The van der Waals surface area contributed by atoms with Gasteiger partial charge < -0.3 is 4.90 Å². The molecule has 0 amide bonds. The van der Waals surface area contributed by atoms with Gasteiger partial charge in [0.2, 0.25) is 0 Å². The molecular formula is C6H12N2. The largest absolute Gasteiger partial charge is 0.340 e. The van der Waals surface area contributed by atoms with Crippen molar-refractivity contribution in [2.75, 3.05) is 7.05 Å². The Labute approximate surface area is 50.3 Å². The van der Waals surface area contributed by atoms with Gasteiger partial charge in [0.1, 0.15) is 0 Å². The van der Waals surface area contributed by atoms with Crippen molar-refractivity contribution in [3.63, 3.8) is 0 Å². The Balaban J connectivity index is 3.81. The van der Waals surface area contributed by atoms with E-state index in [1.165, 1.54) is 6.34 Å². The van der Waals surface area contributed by atoms with Gasteiger partial charge >= 0.3 is 0 Å². The van der Waals surface area contributed by atoms with Crippen molar-refractivity contribution in [3.8, 4) is 0 Å². The molecule has 1 N–H and O–H groups in total. The summed E-state index contributed by atoms with van der Waals surface area (Å²) in [7, 11) is 1.85. The van der Waals surface area contributed by atoms with Crippen LogP contribution in [-0.4, -0.2) is 18.3 Å². The second-order valence-corrected chi connectivity index (χ2v) is 1.67. The Morgan fingerprint density at radius 2 is 2.12 bits per heavy atom. The van der Waals surface area contributed by atoms with Gasteiger partial charge in [0.05, 0.1) is 6.34 Å².